The van der Waals surface area contributed by atoms with Gasteiger partial charge in [0.05, 0.1) is 5.57 Å². The van der Waals surface area contributed by atoms with Gasteiger partial charge >= 0.3 is 5.97 Å². The lowest BCUT2D eigenvalue weighted by molar-refractivity contribution is -0.130. The number of allylic oxidation sites excluding steroid dienone is 1. The highest BCUT2D eigenvalue weighted by Crippen LogP contribution is 2.29. The Labute approximate surface area is 93.3 Å². The van der Waals surface area contributed by atoms with Gasteiger partial charge in [0.1, 0.15) is 0 Å². The molecule has 0 radical (unpaired) electrons. The lowest BCUT2D eigenvalue weighted by atomic mass is 10.0. The molecule has 0 spiro atoms. The molecule has 0 aromatic carbocycles. The summed E-state index contributed by atoms with van der Waals surface area (Å²) < 4.78 is 0. The summed E-state index contributed by atoms with van der Waals surface area (Å²) in [5, 5.41) is 13.0. The third kappa shape index (κ3) is 2.48. The Morgan fingerprint density at radius 1 is 1.47 bits per heavy atom. The molecule has 1 saturated carbocycles. The van der Waals surface area contributed by atoms with Crippen molar-refractivity contribution in [3.8, 4) is 0 Å². The Balaban J connectivity index is 2.23. The van der Waals surface area contributed by atoms with Crippen LogP contribution in [-0.4, -0.2) is 11.1 Å². The fourth-order valence-corrected chi connectivity index (χ4v) is 2.72. The Morgan fingerprint density at radius 3 is 2.73 bits per heavy atom. The van der Waals surface area contributed by atoms with Gasteiger partial charge in [-0.05, 0) is 41.1 Å². The van der Waals surface area contributed by atoms with Crippen molar-refractivity contribution in [3.05, 3.63) is 28.5 Å². The number of aliphatic carboxylic acids is 1. The van der Waals surface area contributed by atoms with Gasteiger partial charge in [0.25, 0.3) is 0 Å². The van der Waals surface area contributed by atoms with Crippen molar-refractivity contribution in [1.82, 2.24) is 0 Å². The molecule has 1 heterocycles. The van der Waals surface area contributed by atoms with Gasteiger partial charge in [-0.1, -0.05) is 18.9 Å². The molecule has 0 aliphatic heterocycles. The first kappa shape index (κ1) is 10.4. The Bertz CT molecular complexity index is 359. The van der Waals surface area contributed by atoms with E-state index >= 15 is 0 Å². The van der Waals surface area contributed by atoms with Crippen LogP contribution < -0.4 is 0 Å². The van der Waals surface area contributed by atoms with Crippen LogP contribution in [0.2, 0.25) is 0 Å². The minimum absolute atomic E-state index is 0.469. The van der Waals surface area contributed by atoms with E-state index in [1.807, 2.05) is 22.9 Å². The monoisotopic (exact) mass is 222 g/mol. The summed E-state index contributed by atoms with van der Waals surface area (Å²) in [6.45, 7) is 0. The van der Waals surface area contributed by atoms with Gasteiger partial charge in [-0.3, -0.25) is 0 Å². The van der Waals surface area contributed by atoms with Gasteiger partial charge in [0, 0.05) is 0 Å². The predicted octanol–water partition coefficient (Wildman–Crippen LogP) is 3.41. The lowest BCUT2D eigenvalue weighted by Gasteiger charge is -2.04. The van der Waals surface area contributed by atoms with E-state index in [2.05, 4.69) is 0 Å². The van der Waals surface area contributed by atoms with Gasteiger partial charge in [0.2, 0.25) is 0 Å². The van der Waals surface area contributed by atoms with Crippen LogP contribution in [0.25, 0.3) is 5.57 Å². The zero-order chi connectivity index (χ0) is 10.7. The molecule has 2 nitrogen and oxygen atoms in total. The quantitative estimate of drug-likeness (QED) is 0.796. The molecule has 1 N–H and O–H groups in total. The van der Waals surface area contributed by atoms with Crippen molar-refractivity contribution >= 4 is 22.9 Å². The topological polar surface area (TPSA) is 37.3 Å². The molecule has 0 unspecified atom stereocenters. The largest absolute Gasteiger partial charge is 0.478 e. The van der Waals surface area contributed by atoms with Crippen molar-refractivity contribution in [1.29, 1.82) is 0 Å². The van der Waals surface area contributed by atoms with Crippen LogP contribution in [0.4, 0.5) is 0 Å². The smallest absolute Gasteiger partial charge is 0.336 e. The van der Waals surface area contributed by atoms with Crippen LogP contribution in [0.1, 0.15) is 31.2 Å². The first-order valence-corrected chi connectivity index (χ1v) is 6.19. The van der Waals surface area contributed by atoms with Crippen LogP contribution >= 0.6 is 11.3 Å². The maximum Gasteiger partial charge on any atom is 0.336 e. The highest BCUT2D eigenvalue weighted by atomic mass is 32.1. The molecule has 0 bridgehead atoms. The highest BCUT2D eigenvalue weighted by molar-refractivity contribution is 7.08. The van der Waals surface area contributed by atoms with E-state index in [-0.39, 0.29) is 0 Å². The van der Waals surface area contributed by atoms with Gasteiger partial charge in [-0.15, -0.1) is 0 Å². The predicted molar refractivity (Wildman–Crippen MR) is 61.9 cm³/mol. The van der Waals surface area contributed by atoms with E-state index in [0.29, 0.717) is 11.5 Å². The number of carboxylic acids is 1. The Morgan fingerprint density at radius 2 is 2.20 bits per heavy atom. The van der Waals surface area contributed by atoms with Gasteiger partial charge in [0.15, 0.2) is 0 Å². The van der Waals surface area contributed by atoms with Crippen LogP contribution in [0.5, 0.6) is 0 Å². The number of rotatable bonds is 3. The van der Waals surface area contributed by atoms with E-state index in [9.17, 15) is 4.79 Å². The molecule has 0 amide bonds. The Kier molecular flexibility index (Phi) is 3.21. The standard InChI is InChI=1S/C12H14O2S/c13-12(14)11(10-5-6-15-8-10)7-9-3-1-2-4-9/h5-9H,1-4H2,(H,13,14)/b11-7+. The van der Waals surface area contributed by atoms with E-state index in [1.165, 1.54) is 24.2 Å². The summed E-state index contributed by atoms with van der Waals surface area (Å²) in [4.78, 5) is 11.1. The van der Waals surface area contributed by atoms with Crippen LogP contribution in [0.3, 0.4) is 0 Å². The zero-order valence-corrected chi connectivity index (χ0v) is 9.30. The van der Waals surface area contributed by atoms with Crippen molar-refractivity contribution in [2.75, 3.05) is 0 Å². The normalized spacial score (nSPS) is 18.3. The average molecular weight is 222 g/mol. The molecule has 1 aliphatic carbocycles. The number of thiophene rings is 1. The second kappa shape index (κ2) is 4.62. The average Bonchev–Trinajstić information content (AvgIpc) is 2.87. The van der Waals surface area contributed by atoms with Crippen LogP contribution in [0.15, 0.2) is 22.9 Å². The van der Waals surface area contributed by atoms with Crippen LogP contribution in [0, 0.1) is 5.92 Å². The van der Waals surface area contributed by atoms with Crippen molar-refractivity contribution in [2.24, 2.45) is 5.92 Å². The summed E-state index contributed by atoms with van der Waals surface area (Å²) in [7, 11) is 0. The summed E-state index contributed by atoms with van der Waals surface area (Å²) in [5.41, 5.74) is 1.32. The number of carbonyl (C=O) groups is 1. The van der Waals surface area contributed by atoms with Crippen molar-refractivity contribution in [2.45, 2.75) is 25.7 Å². The lowest BCUT2D eigenvalue weighted by Crippen LogP contribution is -2.01. The van der Waals surface area contributed by atoms with Crippen LogP contribution in [-0.2, 0) is 4.79 Å². The molecule has 1 fully saturated rings. The van der Waals surface area contributed by atoms with E-state index in [0.717, 1.165) is 18.4 Å². The molecular formula is C12H14O2S. The minimum Gasteiger partial charge on any atom is -0.478 e. The van der Waals surface area contributed by atoms with E-state index in [1.54, 1.807) is 0 Å². The van der Waals surface area contributed by atoms with Gasteiger partial charge in [-0.25, -0.2) is 4.79 Å². The summed E-state index contributed by atoms with van der Waals surface area (Å²) in [5.74, 6) is -0.337. The first-order chi connectivity index (χ1) is 7.27. The Hall–Kier alpha value is -1.09. The van der Waals surface area contributed by atoms with Gasteiger partial charge in [-0.2, -0.15) is 11.3 Å². The van der Waals surface area contributed by atoms with Crippen molar-refractivity contribution in [3.63, 3.8) is 0 Å². The highest BCUT2D eigenvalue weighted by Gasteiger charge is 2.17. The fourth-order valence-electron chi connectivity index (χ4n) is 2.07. The summed E-state index contributed by atoms with van der Waals surface area (Å²) in [6, 6.07) is 1.87. The minimum atomic E-state index is -0.805. The molecule has 1 aromatic heterocycles. The molecule has 0 saturated heterocycles. The number of hydrogen-bond acceptors (Lipinski definition) is 2. The molecule has 3 heteroatoms. The molecule has 80 valence electrons. The first-order valence-electron chi connectivity index (χ1n) is 5.25. The van der Waals surface area contributed by atoms with Gasteiger partial charge < -0.3 is 5.11 Å². The SMILES string of the molecule is O=C(O)/C(=C/C1CCCC1)c1ccsc1. The molecule has 15 heavy (non-hydrogen) atoms. The summed E-state index contributed by atoms with van der Waals surface area (Å²) >= 11 is 1.54. The number of carboxylic acid groups (broad SMARTS) is 1. The molecule has 1 aromatic rings. The fraction of sp³-hybridized carbons (Fsp3) is 0.417. The molecular weight excluding hydrogens is 208 g/mol. The third-order valence-corrected chi connectivity index (χ3v) is 3.55. The maximum atomic E-state index is 11.1. The van der Waals surface area contributed by atoms with Crippen molar-refractivity contribution < 1.29 is 9.90 Å². The zero-order valence-electron chi connectivity index (χ0n) is 8.48. The van der Waals surface area contributed by atoms with E-state index < -0.39 is 5.97 Å². The third-order valence-electron chi connectivity index (χ3n) is 2.86. The molecule has 2 rings (SSSR count). The summed E-state index contributed by atoms with van der Waals surface area (Å²) in [6.07, 6.45) is 6.69. The second-order valence-corrected chi connectivity index (χ2v) is 4.72. The molecule has 1 aliphatic rings. The van der Waals surface area contributed by atoms with E-state index in [4.69, 9.17) is 5.11 Å². The molecule has 0 atom stereocenters. The maximum absolute atomic E-state index is 11.1. The number of hydrogen-bond donors (Lipinski definition) is 1. The second-order valence-electron chi connectivity index (χ2n) is 3.94.